The molecule has 1 aliphatic rings. The van der Waals surface area contributed by atoms with Gasteiger partial charge in [0.15, 0.2) is 4.67 Å². The van der Waals surface area contributed by atoms with Crippen molar-refractivity contribution >= 4 is 37.8 Å². The first-order valence-electron chi connectivity index (χ1n) is 6.02. The smallest absolute Gasteiger partial charge is 0.220 e. The number of rotatable bonds is 4. The lowest BCUT2D eigenvalue weighted by atomic mass is 9.85. The summed E-state index contributed by atoms with van der Waals surface area (Å²) in [6.45, 7) is 0.704. The number of hydrogen-bond donors (Lipinski definition) is 2. The van der Waals surface area contributed by atoms with Gasteiger partial charge >= 0.3 is 0 Å². The molecule has 1 amide bonds. The third-order valence-electron chi connectivity index (χ3n) is 3.39. The van der Waals surface area contributed by atoms with Crippen molar-refractivity contribution in [1.82, 2.24) is 5.32 Å². The van der Waals surface area contributed by atoms with Crippen LogP contribution >= 0.6 is 31.9 Å². The third kappa shape index (κ3) is 3.59. The molecule has 1 fully saturated rings. The normalized spacial score (nSPS) is 24.1. The summed E-state index contributed by atoms with van der Waals surface area (Å²) in [5.74, 6) is 0.799. The van der Waals surface area contributed by atoms with Gasteiger partial charge in [0.05, 0.1) is 11.0 Å². The number of nitrogens with two attached hydrogens (primary N) is 1. The average Bonchev–Trinajstić information content (AvgIpc) is 2.67. The van der Waals surface area contributed by atoms with Gasteiger partial charge in [0.2, 0.25) is 5.91 Å². The van der Waals surface area contributed by atoms with Gasteiger partial charge in [-0.25, -0.2) is 0 Å². The first-order valence-corrected chi connectivity index (χ1v) is 7.61. The highest BCUT2D eigenvalue weighted by atomic mass is 79.9. The number of carbonyl (C=O) groups excluding carboxylic acids is 1. The van der Waals surface area contributed by atoms with Crippen LogP contribution < -0.4 is 11.1 Å². The van der Waals surface area contributed by atoms with Crippen LogP contribution in [-0.2, 0) is 11.3 Å². The van der Waals surface area contributed by atoms with E-state index in [1.165, 1.54) is 0 Å². The van der Waals surface area contributed by atoms with Crippen molar-refractivity contribution in [2.75, 3.05) is 0 Å². The number of primary amides is 1. The lowest BCUT2D eigenvalue weighted by Gasteiger charge is -2.27. The van der Waals surface area contributed by atoms with Crippen molar-refractivity contribution in [3.63, 3.8) is 0 Å². The van der Waals surface area contributed by atoms with Crippen LogP contribution in [0.1, 0.15) is 31.4 Å². The van der Waals surface area contributed by atoms with E-state index in [2.05, 4.69) is 37.2 Å². The Labute approximate surface area is 123 Å². The van der Waals surface area contributed by atoms with E-state index in [1.54, 1.807) is 0 Å². The Morgan fingerprint density at radius 2 is 2.06 bits per heavy atom. The van der Waals surface area contributed by atoms with Crippen LogP contribution in [0.25, 0.3) is 0 Å². The molecule has 18 heavy (non-hydrogen) atoms. The second-order valence-electron chi connectivity index (χ2n) is 4.67. The van der Waals surface area contributed by atoms with Crippen LogP contribution in [0.15, 0.2) is 19.6 Å². The largest absolute Gasteiger partial charge is 0.452 e. The molecule has 1 aromatic heterocycles. The van der Waals surface area contributed by atoms with Gasteiger partial charge in [-0.15, -0.1) is 0 Å². The number of carbonyl (C=O) groups is 1. The van der Waals surface area contributed by atoms with Crippen molar-refractivity contribution < 1.29 is 9.21 Å². The molecule has 4 nitrogen and oxygen atoms in total. The summed E-state index contributed by atoms with van der Waals surface area (Å²) in [5, 5.41) is 3.45. The molecule has 6 heteroatoms. The molecule has 100 valence electrons. The van der Waals surface area contributed by atoms with E-state index in [0.29, 0.717) is 12.6 Å². The maximum Gasteiger partial charge on any atom is 0.220 e. The Morgan fingerprint density at radius 1 is 1.39 bits per heavy atom. The van der Waals surface area contributed by atoms with Gasteiger partial charge in [0, 0.05) is 12.0 Å². The zero-order valence-electron chi connectivity index (χ0n) is 9.92. The van der Waals surface area contributed by atoms with Crippen LogP contribution in [0.3, 0.4) is 0 Å². The monoisotopic (exact) mass is 378 g/mol. The van der Waals surface area contributed by atoms with Gasteiger partial charge in [-0.3, -0.25) is 4.79 Å². The molecule has 1 heterocycles. The van der Waals surface area contributed by atoms with Crippen LogP contribution in [0, 0.1) is 5.92 Å². The molecule has 3 N–H and O–H groups in total. The standard InChI is InChI=1S/C12H16Br2N2O2/c13-10-5-9(18-11(10)14)6-16-8-3-1-7(2-4-8)12(15)17/h5,7-8,16H,1-4,6H2,(H2,15,17). The minimum atomic E-state index is -0.160. The number of nitrogens with one attached hydrogen (secondary N) is 1. The minimum Gasteiger partial charge on any atom is -0.452 e. The van der Waals surface area contributed by atoms with E-state index < -0.39 is 0 Å². The number of furan rings is 1. The summed E-state index contributed by atoms with van der Waals surface area (Å²) in [5.41, 5.74) is 5.31. The molecule has 0 radical (unpaired) electrons. The fraction of sp³-hybridized carbons (Fsp3) is 0.583. The molecule has 0 bridgehead atoms. The van der Waals surface area contributed by atoms with Gasteiger partial charge in [0.25, 0.3) is 0 Å². The van der Waals surface area contributed by atoms with Gasteiger partial charge in [0.1, 0.15) is 5.76 Å². The lowest BCUT2D eigenvalue weighted by molar-refractivity contribution is -0.122. The van der Waals surface area contributed by atoms with E-state index in [0.717, 1.165) is 40.6 Å². The second-order valence-corrected chi connectivity index (χ2v) is 6.24. The zero-order chi connectivity index (χ0) is 13.1. The first-order chi connectivity index (χ1) is 8.56. The summed E-state index contributed by atoms with van der Waals surface area (Å²) in [4.78, 5) is 11.1. The molecule has 0 saturated heterocycles. The Kier molecular flexibility index (Phi) is 4.86. The predicted octanol–water partition coefficient (Wildman–Crippen LogP) is 2.94. The van der Waals surface area contributed by atoms with E-state index in [1.807, 2.05) is 6.07 Å². The van der Waals surface area contributed by atoms with Crippen LogP contribution in [0.2, 0.25) is 0 Å². The number of halogens is 2. The van der Waals surface area contributed by atoms with Crippen molar-refractivity contribution in [3.05, 3.63) is 21.0 Å². The second kappa shape index (κ2) is 6.21. The van der Waals surface area contributed by atoms with Crippen molar-refractivity contribution in [3.8, 4) is 0 Å². The maximum absolute atomic E-state index is 11.1. The highest BCUT2D eigenvalue weighted by Gasteiger charge is 2.24. The highest BCUT2D eigenvalue weighted by molar-refractivity contribution is 9.13. The van der Waals surface area contributed by atoms with Crippen molar-refractivity contribution in [2.24, 2.45) is 11.7 Å². The van der Waals surface area contributed by atoms with Crippen molar-refractivity contribution in [2.45, 2.75) is 38.3 Å². The Bertz CT molecular complexity index is 406. The van der Waals surface area contributed by atoms with Crippen LogP contribution in [0.4, 0.5) is 0 Å². The predicted molar refractivity (Wildman–Crippen MR) is 75.9 cm³/mol. The zero-order valence-corrected chi connectivity index (χ0v) is 13.1. The van der Waals surface area contributed by atoms with Crippen molar-refractivity contribution in [1.29, 1.82) is 0 Å². The molecule has 0 atom stereocenters. The van der Waals surface area contributed by atoms with Gasteiger partial charge in [-0.05, 0) is 63.6 Å². The quantitative estimate of drug-likeness (QED) is 0.844. The van der Waals surface area contributed by atoms with Gasteiger partial charge in [-0.1, -0.05) is 0 Å². The van der Waals surface area contributed by atoms with Gasteiger partial charge < -0.3 is 15.5 Å². The Morgan fingerprint density at radius 3 is 2.56 bits per heavy atom. The topological polar surface area (TPSA) is 68.3 Å². The molecule has 0 unspecified atom stereocenters. The Balaban J connectivity index is 1.77. The summed E-state index contributed by atoms with van der Waals surface area (Å²) in [7, 11) is 0. The third-order valence-corrected chi connectivity index (χ3v) is 5.10. The summed E-state index contributed by atoms with van der Waals surface area (Å²) < 4.78 is 7.14. The van der Waals surface area contributed by atoms with E-state index in [9.17, 15) is 4.79 Å². The molecule has 1 saturated carbocycles. The number of hydrogen-bond acceptors (Lipinski definition) is 3. The molecule has 0 spiro atoms. The molecular formula is C12H16Br2N2O2. The molecular weight excluding hydrogens is 364 g/mol. The lowest BCUT2D eigenvalue weighted by Crippen LogP contribution is -2.36. The molecule has 0 aliphatic heterocycles. The minimum absolute atomic E-state index is 0.0648. The molecule has 2 rings (SSSR count). The fourth-order valence-electron chi connectivity index (χ4n) is 2.31. The summed E-state index contributed by atoms with van der Waals surface area (Å²) >= 11 is 6.70. The van der Waals surface area contributed by atoms with Crippen LogP contribution in [-0.4, -0.2) is 11.9 Å². The SMILES string of the molecule is NC(=O)C1CCC(NCc2cc(Br)c(Br)o2)CC1. The molecule has 1 aromatic rings. The van der Waals surface area contributed by atoms with E-state index >= 15 is 0 Å². The van der Waals surface area contributed by atoms with E-state index in [4.69, 9.17) is 10.2 Å². The first kappa shape index (κ1) is 14.1. The fourth-order valence-corrected chi connectivity index (χ4v) is 2.96. The van der Waals surface area contributed by atoms with Crippen LogP contribution in [0.5, 0.6) is 0 Å². The molecule has 1 aliphatic carbocycles. The van der Waals surface area contributed by atoms with Gasteiger partial charge in [-0.2, -0.15) is 0 Å². The molecule has 0 aromatic carbocycles. The highest BCUT2D eigenvalue weighted by Crippen LogP contribution is 2.27. The maximum atomic E-state index is 11.1. The summed E-state index contributed by atoms with van der Waals surface area (Å²) in [6.07, 6.45) is 3.77. The van der Waals surface area contributed by atoms with E-state index in [-0.39, 0.29) is 11.8 Å². The summed E-state index contributed by atoms with van der Waals surface area (Å²) in [6, 6.07) is 2.40. The number of amides is 1. The Hall–Kier alpha value is -0.330. The average molecular weight is 380 g/mol.